The van der Waals surface area contributed by atoms with Gasteiger partial charge in [-0.2, -0.15) is 9.78 Å². The highest BCUT2D eigenvalue weighted by molar-refractivity contribution is 9.10. The number of rotatable bonds is 7. The van der Waals surface area contributed by atoms with E-state index in [4.69, 9.17) is 4.74 Å². The minimum atomic E-state index is -0.489. The van der Waals surface area contributed by atoms with Crippen molar-refractivity contribution in [1.82, 2.24) is 9.66 Å². The lowest BCUT2D eigenvalue weighted by Crippen LogP contribution is -2.23. The van der Waals surface area contributed by atoms with Gasteiger partial charge in [0.15, 0.2) is 0 Å². The predicted octanol–water partition coefficient (Wildman–Crippen LogP) is 6.41. The largest absolute Gasteiger partial charge is 0.488 e. The molecule has 0 aliphatic rings. The summed E-state index contributed by atoms with van der Waals surface area (Å²) in [5.74, 6) is 0.785. The van der Waals surface area contributed by atoms with Gasteiger partial charge in [0, 0.05) is 32.6 Å². The molecular formula is C25H20Br2N4O4. The van der Waals surface area contributed by atoms with Crippen molar-refractivity contribution in [2.24, 2.45) is 5.10 Å². The zero-order valence-electron chi connectivity index (χ0n) is 18.8. The number of non-ortho nitro benzene ring substituents is 1. The van der Waals surface area contributed by atoms with Crippen LogP contribution in [0.5, 0.6) is 5.75 Å². The molecule has 0 spiro atoms. The van der Waals surface area contributed by atoms with Crippen molar-refractivity contribution < 1.29 is 9.66 Å². The third kappa shape index (κ3) is 5.66. The number of benzene rings is 3. The Morgan fingerprint density at radius 2 is 1.80 bits per heavy atom. The molecule has 35 heavy (non-hydrogen) atoms. The van der Waals surface area contributed by atoms with E-state index >= 15 is 0 Å². The highest BCUT2D eigenvalue weighted by Gasteiger charge is 2.15. The average Bonchev–Trinajstić information content (AvgIpc) is 2.83. The molecule has 8 nitrogen and oxygen atoms in total. The highest BCUT2D eigenvalue weighted by atomic mass is 79.9. The number of hydrogen-bond acceptors (Lipinski definition) is 6. The number of halogens is 2. The van der Waals surface area contributed by atoms with Gasteiger partial charge in [-0.05, 0) is 42.0 Å². The Balaban J connectivity index is 1.76. The third-order valence-corrected chi connectivity index (χ3v) is 6.20. The van der Waals surface area contributed by atoms with Crippen molar-refractivity contribution in [3.05, 3.63) is 107 Å². The Kier molecular flexibility index (Phi) is 7.42. The molecule has 1 aromatic heterocycles. The van der Waals surface area contributed by atoms with Gasteiger partial charge >= 0.3 is 0 Å². The molecule has 0 saturated carbocycles. The van der Waals surface area contributed by atoms with E-state index in [1.165, 1.54) is 29.1 Å². The molecule has 10 heteroatoms. The molecule has 0 N–H and O–H groups in total. The summed E-state index contributed by atoms with van der Waals surface area (Å²) >= 11 is 6.79. The average molecular weight is 600 g/mol. The molecule has 178 valence electrons. The minimum absolute atomic E-state index is 0.0915. The van der Waals surface area contributed by atoms with E-state index in [1.807, 2.05) is 44.2 Å². The molecule has 0 aliphatic carbocycles. The second kappa shape index (κ2) is 10.5. The molecular weight excluding hydrogens is 580 g/mol. The zero-order valence-corrected chi connectivity index (χ0v) is 22.0. The number of aromatic nitrogens is 2. The van der Waals surface area contributed by atoms with Gasteiger partial charge in [-0.15, -0.1) is 0 Å². The SMILES string of the molecule is CC(C)c1nc2ccc(Br)cc2c(=O)n1N=Cc1cc([N+](=O)[O-])ccc1OCc1ccc(Br)cc1. The van der Waals surface area contributed by atoms with Crippen molar-refractivity contribution in [2.75, 3.05) is 0 Å². The second-order valence-corrected chi connectivity index (χ2v) is 9.87. The molecule has 0 aliphatic heterocycles. The Morgan fingerprint density at radius 1 is 1.09 bits per heavy atom. The van der Waals surface area contributed by atoms with Crippen molar-refractivity contribution in [3.8, 4) is 5.75 Å². The first-order valence-corrected chi connectivity index (χ1v) is 12.2. The van der Waals surface area contributed by atoms with Crippen LogP contribution in [0.1, 0.15) is 36.7 Å². The molecule has 4 aromatic rings. The highest BCUT2D eigenvalue weighted by Crippen LogP contribution is 2.25. The van der Waals surface area contributed by atoms with E-state index in [9.17, 15) is 14.9 Å². The summed E-state index contributed by atoms with van der Waals surface area (Å²) in [5.41, 5.74) is 1.42. The standard InChI is InChI=1S/C25H20Br2N4O4/c1-15(2)24-29-22-9-7-19(27)12-21(22)25(32)30(24)28-13-17-11-20(31(33)34)8-10-23(17)35-14-16-3-5-18(26)6-4-16/h3-13,15H,14H2,1-2H3. The van der Waals surface area contributed by atoms with Gasteiger partial charge in [-0.1, -0.05) is 57.8 Å². The van der Waals surface area contributed by atoms with Gasteiger partial charge < -0.3 is 4.74 Å². The van der Waals surface area contributed by atoms with Gasteiger partial charge in [-0.3, -0.25) is 14.9 Å². The number of ether oxygens (including phenoxy) is 1. The first-order valence-electron chi connectivity index (χ1n) is 10.6. The Labute approximate surface area is 217 Å². The topological polar surface area (TPSA) is 99.6 Å². The summed E-state index contributed by atoms with van der Waals surface area (Å²) in [6.45, 7) is 4.09. The van der Waals surface area contributed by atoms with Crippen LogP contribution in [0.3, 0.4) is 0 Å². The maximum Gasteiger partial charge on any atom is 0.282 e. The lowest BCUT2D eigenvalue weighted by atomic mass is 10.2. The van der Waals surface area contributed by atoms with Crippen LogP contribution in [-0.4, -0.2) is 20.8 Å². The van der Waals surface area contributed by atoms with Crippen LogP contribution in [0.25, 0.3) is 10.9 Å². The Hall–Kier alpha value is -3.37. The smallest absolute Gasteiger partial charge is 0.282 e. The fraction of sp³-hybridized carbons (Fsp3) is 0.160. The van der Waals surface area contributed by atoms with Crippen LogP contribution in [-0.2, 0) is 6.61 Å². The molecule has 3 aromatic carbocycles. The molecule has 1 heterocycles. The van der Waals surface area contributed by atoms with Gasteiger partial charge in [0.2, 0.25) is 0 Å². The summed E-state index contributed by atoms with van der Waals surface area (Å²) in [7, 11) is 0. The molecule has 0 fully saturated rings. The van der Waals surface area contributed by atoms with Crippen molar-refractivity contribution in [1.29, 1.82) is 0 Å². The van der Waals surface area contributed by atoms with Crippen LogP contribution >= 0.6 is 31.9 Å². The van der Waals surface area contributed by atoms with Gasteiger partial charge in [-0.25, -0.2) is 4.98 Å². The lowest BCUT2D eigenvalue weighted by Gasteiger charge is -2.13. The summed E-state index contributed by atoms with van der Waals surface area (Å²) in [6, 6.07) is 17.2. The monoisotopic (exact) mass is 598 g/mol. The quantitative estimate of drug-likeness (QED) is 0.139. The van der Waals surface area contributed by atoms with Gasteiger partial charge in [0.25, 0.3) is 11.2 Å². The minimum Gasteiger partial charge on any atom is -0.488 e. The number of hydrogen-bond donors (Lipinski definition) is 0. The number of nitrogens with zero attached hydrogens (tertiary/aromatic N) is 4. The predicted molar refractivity (Wildman–Crippen MR) is 142 cm³/mol. The molecule has 4 rings (SSSR count). The molecule has 0 atom stereocenters. The number of fused-ring (bicyclic) bond motifs is 1. The maximum atomic E-state index is 13.3. The summed E-state index contributed by atoms with van der Waals surface area (Å²) in [4.78, 5) is 28.8. The summed E-state index contributed by atoms with van der Waals surface area (Å²) in [5, 5.41) is 16.2. The Bertz CT molecular complexity index is 1500. The van der Waals surface area contributed by atoms with E-state index in [0.717, 1.165) is 14.5 Å². The van der Waals surface area contributed by atoms with Crippen molar-refractivity contribution >= 4 is 54.7 Å². The van der Waals surface area contributed by atoms with Crippen LogP contribution < -0.4 is 10.3 Å². The second-order valence-electron chi connectivity index (χ2n) is 8.04. The normalized spacial score (nSPS) is 11.5. The van der Waals surface area contributed by atoms with E-state index in [0.29, 0.717) is 28.0 Å². The zero-order chi connectivity index (χ0) is 25.1. The first kappa shape index (κ1) is 24.7. The molecule has 0 unspecified atom stereocenters. The van der Waals surface area contributed by atoms with Crippen molar-refractivity contribution in [3.63, 3.8) is 0 Å². The van der Waals surface area contributed by atoms with Gasteiger partial charge in [0.05, 0.1) is 22.0 Å². The summed E-state index contributed by atoms with van der Waals surface area (Å²) in [6.07, 6.45) is 1.39. The van der Waals surface area contributed by atoms with Crippen LogP contribution in [0.15, 0.2) is 79.5 Å². The summed E-state index contributed by atoms with van der Waals surface area (Å²) < 4.78 is 8.87. The number of nitro benzene ring substituents is 1. The van der Waals surface area contributed by atoms with E-state index in [1.54, 1.807) is 12.1 Å². The number of nitro groups is 1. The van der Waals surface area contributed by atoms with E-state index < -0.39 is 4.92 Å². The van der Waals surface area contributed by atoms with Crippen LogP contribution in [0.2, 0.25) is 0 Å². The Morgan fingerprint density at radius 3 is 2.49 bits per heavy atom. The fourth-order valence-corrected chi connectivity index (χ4v) is 4.02. The maximum absolute atomic E-state index is 13.3. The molecule has 0 saturated heterocycles. The first-order chi connectivity index (χ1) is 16.7. The van der Waals surface area contributed by atoms with Crippen LogP contribution in [0.4, 0.5) is 5.69 Å². The molecule has 0 amide bonds. The van der Waals surface area contributed by atoms with Gasteiger partial charge in [0.1, 0.15) is 18.2 Å². The van der Waals surface area contributed by atoms with E-state index in [-0.39, 0.29) is 23.8 Å². The van der Waals surface area contributed by atoms with E-state index in [2.05, 4.69) is 41.9 Å². The third-order valence-electron chi connectivity index (χ3n) is 5.17. The van der Waals surface area contributed by atoms with Crippen LogP contribution in [0, 0.1) is 10.1 Å². The fourth-order valence-electron chi connectivity index (χ4n) is 3.39. The molecule has 0 bridgehead atoms. The molecule has 0 radical (unpaired) electrons. The lowest BCUT2D eigenvalue weighted by molar-refractivity contribution is -0.384. The van der Waals surface area contributed by atoms with Crippen molar-refractivity contribution in [2.45, 2.75) is 26.4 Å².